The molecule has 1 atom stereocenters. The van der Waals surface area contributed by atoms with E-state index in [2.05, 4.69) is 0 Å². The third kappa shape index (κ3) is 5.61. The second kappa shape index (κ2) is 7.49. The van der Waals surface area contributed by atoms with E-state index in [1.165, 1.54) is 0 Å². The van der Waals surface area contributed by atoms with Gasteiger partial charge in [0.25, 0.3) is 5.91 Å². The lowest BCUT2D eigenvalue weighted by molar-refractivity contribution is -0.132. The highest BCUT2D eigenvalue weighted by molar-refractivity contribution is 6.30. The van der Waals surface area contributed by atoms with Crippen molar-refractivity contribution in [2.45, 2.75) is 18.7 Å². The summed E-state index contributed by atoms with van der Waals surface area (Å²) in [6, 6.07) is 6.91. The van der Waals surface area contributed by atoms with Crippen LogP contribution in [0.5, 0.6) is 5.75 Å². The lowest BCUT2D eigenvalue weighted by Gasteiger charge is -2.18. The largest absolute Gasteiger partial charge is 0.484 e. The molecule has 0 spiro atoms. The van der Waals surface area contributed by atoms with Crippen LogP contribution in [0.15, 0.2) is 24.3 Å². The van der Waals surface area contributed by atoms with Gasteiger partial charge >= 0.3 is 0 Å². The van der Waals surface area contributed by atoms with E-state index in [4.69, 9.17) is 27.9 Å². The van der Waals surface area contributed by atoms with Gasteiger partial charge in [-0.15, -0.1) is 11.6 Å². The molecule has 0 aliphatic rings. The molecule has 0 radical (unpaired) electrons. The number of amides is 1. The first-order chi connectivity index (χ1) is 8.49. The predicted octanol–water partition coefficient (Wildman–Crippen LogP) is 3.19. The first-order valence-electron chi connectivity index (χ1n) is 5.75. The van der Waals surface area contributed by atoms with E-state index in [1.807, 2.05) is 6.92 Å². The van der Waals surface area contributed by atoms with Crippen LogP contribution in [0.4, 0.5) is 0 Å². The highest BCUT2D eigenvalue weighted by atomic mass is 35.5. The van der Waals surface area contributed by atoms with Crippen LogP contribution in [0.1, 0.15) is 13.3 Å². The summed E-state index contributed by atoms with van der Waals surface area (Å²) in [5.41, 5.74) is 0. The number of benzene rings is 1. The molecular weight excluding hydrogens is 273 g/mol. The van der Waals surface area contributed by atoms with Crippen LogP contribution in [0.2, 0.25) is 5.02 Å². The minimum Gasteiger partial charge on any atom is -0.484 e. The maximum absolute atomic E-state index is 11.7. The third-order valence-corrected chi connectivity index (χ3v) is 2.93. The van der Waals surface area contributed by atoms with Crippen molar-refractivity contribution in [3.05, 3.63) is 29.3 Å². The molecule has 0 aromatic heterocycles. The summed E-state index contributed by atoms with van der Waals surface area (Å²) in [6.45, 7) is 2.56. The number of hydrogen-bond acceptors (Lipinski definition) is 2. The Morgan fingerprint density at radius 1 is 1.39 bits per heavy atom. The van der Waals surface area contributed by atoms with E-state index in [0.29, 0.717) is 17.3 Å². The van der Waals surface area contributed by atoms with Gasteiger partial charge in [-0.1, -0.05) is 11.6 Å². The lowest BCUT2D eigenvalue weighted by Crippen LogP contribution is -2.32. The number of likely N-dealkylation sites (N-methyl/N-ethyl adjacent to an activating group) is 1. The summed E-state index contributed by atoms with van der Waals surface area (Å²) in [4.78, 5) is 13.3. The van der Waals surface area contributed by atoms with Crippen LogP contribution in [-0.4, -0.2) is 36.4 Å². The molecule has 18 heavy (non-hydrogen) atoms. The zero-order chi connectivity index (χ0) is 13.5. The Hall–Kier alpha value is -0.930. The van der Waals surface area contributed by atoms with E-state index in [-0.39, 0.29) is 17.9 Å². The number of rotatable bonds is 6. The van der Waals surface area contributed by atoms with Crippen molar-refractivity contribution >= 4 is 29.1 Å². The number of hydrogen-bond donors (Lipinski definition) is 0. The molecule has 1 aromatic carbocycles. The Morgan fingerprint density at radius 2 is 2.00 bits per heavy atom. The standard InChI is InChI=1S/C13H17Cl2NO2/c1-10(14)7-8-16(2)13(17)9-18-12-5-3-11(15)4-6-12/h3-6,10H,7-9H2,1-2H3. The van der Waals surface area contributed by atoms with Gasteiger partial charge in [-0.05, 0) is 37.6 Å². The molecule has 1 rings (SSSR count). The van der Waals surface area contributed by atoms with Crippen LogP contribution >= 0.6 is 23.2 Å². The van der Waals surface area contributed by atoms with E-state index < -0.39 is 0 Å². The molecule has 100 valence electrons. The number of halogens is 2. The van der Waals surface area contributed by atoms with Crippen molar-refractivity contribution in [2.75, 3.05) is 20.2 Å². The summed E-state index contributed by atoms with van der Waals surface area (Å²) in [5.74, 6) is 0.564. The van der Waals surface area contributed by atoms with Crippen molar-refractivity contribution < 1.29 is 9.53 Å². The topological polar surface area (TPSA) is 29.5 Å². The van der Waals surface area contributed by atoms with Gasteiger partial charge in [0.05, 0.1) is 0 Å². The van der Waals surface area contributed by atoms with E-state index >= 15 is 0 Å². The Bertz CT molecular complexity index is 379. The highest BCUT2D eigenvalue weighted by Gasteiger charge is 2.10. The van der Waals surface area contributed by atoms with Crippen LogP contribution < -0.4 is 4.74 Å². The molecule has 0 bridgehead atoms. The molecule has 0 aliphatic heterocycles. The molecular formula is C13H17Cl2NO2. The van der Waals surface area contributed by atoms with Gasteiger partial charge in [-0.3, -0.25) is 4.79 Å². The van der Waals surface area contributed by atoms with Crippen molar-refractivity contribution in [1.82, 2.24) is 4.90 Å². The van der Waals surface area contributed by atoms with Gasteiger partial charge in [0.2, 0.25) is 0 Å². The van der Waals surface area contributed by atoms with E-state index in [0.717, 1.165) is 6.42 Å². The quantitative estimate of drug-likeness (QED) is 0.753. The number of carbonyl (C=O) groups is 1. The number of carbonyl (C=O) groups excluding carboxylic acids is 1. The van der Waals surface area contributed by atoms with Gasteiger partial charge < -0.3 is 9.64 Å². The summed E-state index contributed by atoms with van der Waals surface area (Å²) < 4.78 is 5.37. The average Bonchev–Trinajstić information content (AvgIpc) is 2.34. The fourth-order valence-corrected chi connectivity index (χ4v) is 1.51. The molecule has 1 aromatic rings. The molecule has 0 N–H and O–H groups in total. The lowest BCUT2D eigenvalue weighted by atomic mass is 10.3. The second-order valence-electron chi connectivity index (χ2n) is 4.13. The molecule has 0 saturated heterocycles. The van der Waals surface area contributed by atoms with Crippen LogP contribution in [0, 0.1) is 0 Å². The Kier molecular flexibility index (Phi) is 6.30. The molecule has 0 saturated carbocycles. The average molecular weight is 290 g/mol. The van der Waals surface area contributed by atoms with Gasteiger partial charge in [0.15, 0.2) is 6.61 Å². The fourth-order valence-electron chi connectivity index (χ4n) is 1.28. The smallest absolute Gasteiger partial charge is 0.260 e. The summed E-state index contributed by atoms with van der Waals surface area (Å²) in [6.07, 6.45) is 0.769. The second-order valence-corrected chi connectivity index (χ2v) is 5.31. The number of alkyl halides is 1. The van der Waals surface area contributed by atoms with Crippen molar-refractivity contribution in [1.29, 1.82) is 0 Å². The van der Waals surface area contributed by atoms with Gasteiger partial charge in [-0.2, -0.15) is 0 Å². The SMILES string of the molecule is CC(Cl)CCN(C)C(=O)COc1ccc(Cl)cc1. The highest BCUT2D eigenvalue weighted by Crippen LogP contribution is 2.15. The van der Waals surface area contributed by atoms with Crippen LogP contribution in [-0.2, 0) is 4.79 Å². The normalized spacial score (nSPS) is 12.0. The number of nitrogens with zero attached hydrogens (tertiary/aromatic N) is 1. The fraction of sp³-hybridized carbons (Fsp3) is 0.462. The van der Waals surface area contributed by atoms with Gasteiger partial charge in [0, 0.05) is 24.0 Å². The van der Waals surface area contributed by atoms with E-state index in [9.17, 15) is 4.79 Å². The molecule has 0 aliphatic carbocycles. The molecule has 1 amide bonds. The zero-order valence-electron chi connectivity index (χ0n) is 10.5. The predicted molar refractivity (Wildman–Crippen MR) is 74.5 cm³/mol. The first-order valence-corrected chi connectivity index (χ1v) is 6.57. The third-order valence-electron chi connectivity index (χ3n) is 2.46. The summed E-state index contributed by atoms with van der Waals surface area (Å²) in [5, 5.41) is 0.708. The first kappa shape index (κ1) is 15.1. The number of ether oxygens (including phenoxy) is 1. The summed E-state index contributed by atoms with van der Waals surface area (Å²) in [7, 11) is 1.74. The maximum Gasteiger partial charge on any atom is 0.260 e. The van der Waals surface area contributed by atoms with Crippen molar-refractivity contribution in [3.63, 3.8) is 0 Å². The van der Waals surface area contributed by atoms with Gasteiger partial charge in [0.1, 0.15) is 5.75 Å². The summed E-state index contributed by atoms with van der Waals surface area (Å²) >= 11 is 11.6. The minimum absolute atomic E-state index is 0.0226. The van der Waals surface area contributed by atoms with Gasteiger partial charge in [-0.25, -0.2) is 0 Å². The van der Waals surface area contributed by atoms with Crippen molar-refractivity contribution in [2.24, 2.45) is 0 Å². The Morgan fingerprint density at radius 3 is 2.56 bits per heavy atom. The molecule has 1 unspecified atom stereocenters. The van der Waals surface area contributed by atoms with Crippen molar-refractivity contribution in [3.8, 4) is 5.75 Å². The molecule has 0 heterocycles. The molecule has 0 fully saturated rings. The zero-order valence-corrected chi connectivity index (χ0v) is 12.0. The Labute approximate surface area is 118 Å². The molecule has 3 nitrogen and oxygen atoms in total. The van der Waals surface area contributed by atoms with E-state index in [1.54, 1.807) is 36.2 Å². The molecule has 5 heteroatoms. The monoisotopic (exact) mass is 289 g/mol. The minimum atomic E-state index is -0.0673. The Balaban J connectivity index is 2.34. The van der Waals surface area contributed by atoms with Crippen LogP contribution in [0.25, 0.3) is 0 Å². The van der Waals surface area contributed by atoms with Crippen LogP contribution in [0.3, 0.4) is 0 Å². The maximum atomic E-state index is 11.7.